The number of rotatable bonds is 7. The molecule has 2 rings (SSSR count). The van der Waals surface area contributed by atoms with Gasteiger partial charge in [-0.25, -0.2) is 0 Å². The van der Waals surface area contributed by atoms with Crippen molar-refractivity contribution in [3.8, 4) is 0 Å². The van der Waals surface area contributed by atoms with Gasteiger partial charge in [0.05, 0.1) is 18.7 Å². The summed E-state index contributed by atoms with van der Waals surface area (Å²) in [5, 5.41) is 3.44. The lowest BCUT2D eigenvalue weighted by Crippen LogP contribution is -2.43. The summed E-state index contributed by atoms with van der Waals surface area (Å²) in [6.07, 6.45) is 4.44. The van der Waals surface area contributed by atoms with Crippen LogP contribution in [0.15, 0.2) is 18.3 Å². The van der Waals surface area contributed by atoms with Crippen LogP contribution in [0.25, 0.3) is 0 Å². The van der Waals surface area contributed by atoms with Crippen LogP contribution in [-0.4, -0.2) is 55.2 Å². The maximum absolute atomic E-state index is 12.6. The SMILES string of the molecule is COCCN(CC1CCCN1)C(=O)Cc1ncccc1C. The van der Waals surface area contributed by atoms with E-state index in [0.29, 0.717) is 25.6 Å². The summed E-state index contributed by atoms with van der Waals surface area (Å²) < 4.78 is 5.13. The van der Waals surface area contributed by atoms with E-state index in [1.54, 1.807) is 13.3 Å². The number of amides is 1. The van der Waals surface area contributed by atoms with Gasteiger partial charge in [0.1, 0.15) is 0 Å². The zero-order valence-corrected chi connectivity index (χ0v) is 13.0. The number of carbonyl (C=O) groups excluding carboxylic acids is 1. The van der Waals surface area contributed by atoms with Crippen LogP contribution in [0.5, 0.6) is 0 Å². The maximum atomic E-state index is 12.6. The van der Waals surface area contributed by atoms with E-state index in [-0.39, 0.29) is 5.91 Å². The lowest BCUT2D eigenvalue weighted by molar-refractivity contribution is -0.131. The van der Waals surface area contributed by atoms with Crippen LogP contribution < -0.4 is 5.32 Å². The molecule has 1 amide bonds. The number of aryl methyl sites for hydroxylation is 1. The predicted molar refractivity (Wildman–Crippen MR) is 82.2 cm³/mol. The van der Waals surface area contributed by atoms with Crippen LogP contribution in [0.4, 0.5) is 0 Å². The van der Waals surface area contributed by atoms with Gasteiger partial charge in [-0.05, 0) is 37.9 Å². The molecule has 5 nitrogen and oxygen atoms in total. The Labute approximate surface area is 126 Å². The molecule has 0 aliphatic carbocycles. The summed E-state index contributed by atoms with van der Waals surface area (Å²) in [5.41, 5.74) is 1.93. The molecule has 21 heavy (non-hydrogen) atoms. The van der Waals surface area contributed by atoms with Gasteiger partial charge in [0, 0.05) is 32.4 Å². The van der Waals surface area contributed by atoms with E-state index >= 15 is 0 Å². The lowest BCUT2D eigenvalue weighted by atomic mass is 10.1. The monoisotopic (exact) mass is 291 g/mol. The first-order valence-corrected chi connectivity index (χ1v) is 7.61. The van der Waals surface area contributed by atoms with Crippen molar-refractivity contribution in [1.82, 2.24) is 15.2 Å². The topological polar surface area (TPSA) is 54.5 Å². The summed E-state index contributed by atoms with van der Waals surface area (Å²) >= 11 is 0. The van der Waals surface area contributed by atoms with Crippen molar-refractivity contribution in [1.29, 1.82) is 0 Å². The third-order valence-electron chi connectivity index (χ3n) is 3.96. The molecule has 0 saturated carbocycles. The zero-order valence-electron chi connectivity index (χ0n) is 13.0. The molecular weight excluding hydrogens is 266 g/mol. The molecule has 1 fully saturated rings. The Morgan fingerprint density at radius 3 is 3.10 bits per heavy atom. The van der Waals surface area contributed by atoms with Crippen molar-refractivity contribution in [2.45, 2.75) is 32.2 Å². The average molecular weight is 291 g/mol. The highest BCUT2D eigenvalue weighted by atomic mass is 16.5. The van der Waals surface area contributed by atoms with Crippen LogP contribution in [0.3, 0.4) is 0 Å². The van der Waals surface area contributed by atoms with Gasteiger partial charge in [-0.15, -0.1) is 0 Å². The summed E-state index contributed by atoms with van der Waals surface area (Å²) in [6.45, 7) is 5.01. The fourth-order valence-corrected chi connectivity index (χ4v) is 2.66. The van der Waals surface area contributed by atoms with E-state index in [1.165, 1.54) is 6.42 Å². The van der Waals surface area contributed by atoms with E-state index in [1.807, 2.05) is 24.0 Å². The second-order valence-electron chi connectivity index (χ2n) is 5.57. The largest absolute Gasteiger partial charge is 0.383 e. The summed E-state index contributed by atoms with van der Waals surface area (Å²) in [6, 6.07) is 4.30. The zero-order chi connectivity index (χ0) is 15.1. The van der Waals surface area contributed by atoms with E-state index < -0.39 is 0 Å². The Bertz CT molecular complexity index is 459. The first-order valence-electron chi connectivity index (χ1n) is 7.61. The summed E-state index contributed by atoms with van der Waals surface area (Å²) in [5.74, 6) is 0.127. The number of methoxy groups -OCH3 is 1. The molecule has 1 unspecified atom stereocenters. The molecule has 1 aromatic heterocycles. The number of aromatic nitrogens is 1. The van der Waals surface area contributed by atoms with Crippen LogP contribution in [0, 0.1) is 6.92 Å². The first kappa shape index (κ1) is 15.9. The standard InChI is InChI=1S/C16H25N3O2/c1-13-5-3-8-18-15(13)11-16(20)19(9-10-21-2)12-14-6-4-7-17-14/h3,5,8,14,17H,4,6-7,9-12H2,1-2H3. The van der Waals surface area contributed by atoms with Crippen molar-refractivity contribution in [2.75, 3.05) is 33.4 Å². The van der Waals surface area contributed by atoms with Crippen molar-refractivity contribution >= 4 is 5.91 Å². The molecule has 1 aliphatic heterocycles. The maximum Gasteiger partial charge on any atom is 0.228 e. The second-order valence-corrected chi connectivity index (χ2v) is 5.57. The number of hydrogen-bond donors (Lipinski definition) is 1. The third-order valence-corrected chi connectivity index (χ3v) is 3.96. The Morgan fingerprint density at radius 2 is 2.43 bits per heavy atom. The molecule has 1 aromatic rings. The number of carbonyl (C=O) groups is 1. The first-order chi connectivity index (χ1) is 10.2. The van der Waals surface area contributed by atoms with Gasteiger partial charge >= 0.3 is 0 Å². The molecule has 1 aliphatic rings. The average Bonchev–Trinajstić information content (AvgIpc) is 2.98. The van der Waals surface area contributed by atoms with Gasteiger partial charge in [-0.2, -0.15) is 0 Å². The molecule has 0 bridgehead atoms. The minimum Gasteiger partial charge on any atom is -0.383 e. The second kappa shape index (κ2) is 8.10. The number of nitrogens with one attached hydrogen (secondary N) is 1. The highest BCUT2D eigenvalue weighted by Gasteiger charge is 2.22. The molecule has 0 spiro atoms. The fourth-order valence-electron chi connectivity index (χ4n) is 2.66. The lowest BCUT2D eigenvalue weighted by Gasteiger charge is -2.26. The molecule has 116 valence electrons. The van der Waals surface area contributed by atoms with Gasteiger partial charge in [-0.1, -0.05) is 6.07 Å². The quantitative estimate of drug-likeness (QED) is 0.819. The van der Waals surface area contributed by atoms with Crippen molar-refractivity contribution in [2.24, 2.45) is 0 Å². The highest BCUT2D eigenvalue weighted by molar-refractivity contribution is 5.78. The third kappa shape index (κ3) is 4.79. The number of hydrogen-bond acceptors (Lipinski definition) is 4. The molecule has 2 heterocycles. The molecule has 0 aromatic carbocycles. The minimum absolute atomic E-state index is 0.127. The Morgan fingerprint density at radius 1 is 1.57 bits per heavy atom. The minimum atomic E-state index is 0.127. The molecule has 1 N–H and O–H groups in total. The number of nitrogens with zero attached hydrogens (tertiary/aromatic N) is 2. The molecule has 1 saturated heterocycles. The Balaban J connectivity index is 1.97. The molecule has 1 atom stereocenters. The van der Waals surface area contributed by atoms with Crippen LogP contribution in [0.1, 0.15) is 24.1 Å². The van der Waals surface area contributed by atoms with Gasteiger partial charge in [-0.3, -0.25) is 9.78 Å². The van der Waals surface area contributed by atoms with Crippen LogP contribution in [-0.2, 0) is 16.0 Å². The van der Waals surface area contributed by atoms with E-state index in [2.05, 4.69) is 10.3 Å². The van der Waals surface area contributed by atoms with Gasteiger partial charge in [0.2, 0.25) is 5.91 Å². The van der Waals surface area contributed by atoms with Crippen molar-refractivity contribution < 1.29 is 9.53 Å². The highest BCUT2D eigenvalue weighted by Crippen LogP contribution is 2.10. The molecule has 0 radical (unpaired) electrons. The van der Waals surface area contributed by atoms with Crippen LogP contribution in [0.2, 0.25) is 0 Å². The van der Waals surface area contributed by atoms with Crippen molar-refractivity contribution in [3.05, 3.63) is 29.6 Å². The number of ether oxygens (including phenoxy) is 1. The summed E-state index contributed by atoms with van der Waals surface area (Å²) in [4.78, 5) is 18.8. The van der Waals surface area contributed by atoms with E-state index in [4.69, 9.17) is 4.74 Å². The van der Waals surface area contributed by atoms with Crippen molar-refractivity contribution in [3.63, 3.8) is 0 Å². The summed E-state index contributed by atoms with van der Waals surface area (Å²) in [7, 11) is 1.67. The van der Waals surface area contributed by atoms with Gasteiger partial charge < -0.3 is 15.0 Å². The molecular formula is C16H25N3O2. The number of pyridine rings is 1. The Hall–Kier alpha value is -1.46. The predicted octanol–water partition coefficient (Wildman–Crippen LogP) is 1.16. The fraction of sp³-hybridized carbons (Fsp3) is 0.625. The molecule has 5 heteroatoms. The van der Waals surface area contributed by atoms with Gasteiger partial charge in [0.25, 0.3) is 0 Å². The van der Waals surface area contributed by atoms with Gasteiger partial charge in [0.15, 0.2) is 0 Å². The smallest absolute Gasteiger partial charge is 0.228 e. The normalized spacial score (nSPS) is 17.9. The van der Waals surface area contributed by atoms with Crippen LogP contribution >= 0.6 is 0 Å². The van der Waals surface area contributed by atoms with E-state index in [9.17, 15) is 4.79 Å². The Kier molecular flexibility index (Phi) is 6.14. The van der Waals surface area contributed by atoms with E-state index in [0.717, 1.165) is 30.8 Å².